The van der Waals surface area contributed by atoms with Gasteiger partial charge in [0.05, 0.1) is 0 Å². The van der Waals surface area contributed by atoms with Crippen molar-refractivity contribution >= 4 is 5.78 Å². The second-order valence-corrected chi connectivity index (χ2v) is 7.31. The molecule has 3 aliphatic rings. The molecule has 0 saturated heterocycles. The van der Waals surface area contributed by atoms with Crippen LogP contribution in [-0.2, 0) is 4.79 Å². The van der Waals surface area contributed by atoms with Crippen molar-refractivity contribution in [3.8, 4) is 0 Å². The first-order valence-electron chi connectivity index (χ1n) is 7.72. The van der Waals surface area contributed by atoms with Crippen LogP contribution in [0.3, 0.4) is 0 Å². The summed E-state index contributed by atoms with van der Waals surface area (Å²) in [5.41, 5.74) is 2.44. The van der Waals surface area contributed by atoms with Crippen molar-refractivity contribution in [2.24, 2.45) is 22.7 Å². The van der Waals surface area contributed by atoms with Crippen LogP contribution in [0.1, 0.15) is 65.7 Å². The molecule has 0 aromatic carbocycles. The molecule has 4 atom stereocenters. The highest BCUT2D eigenvalue weighted by Crippen LogP contribution is 2.64. The maximum absolute atomic E-state index is 12.1. The third-order valence-electron chi connectivity index (χ3n) is 6.60. The standard InChI is InChI=1S/C17H26O/c1-12-6-10-17-8-4-5-15(17)16(12,3)9-7-14(18)11-13(17)2/h5,12-13H,4,6-11H2,1-3H3/t12?,13-,16+,17+/m0/s1. The summed E-state index contributed by atoms with van der Waals surface area (Å²) in [6.07, 6.45) is 10.5. The minimum atomic E-state index is 0.305. The Morgan fingerprint density at radius 2 is 1.94 bits per heavy atom. The Balaban J connectivity index is 2.09. The summed E-state index contributed by atoms with van der Waals surface area (Å²) in [4.78, 5) is 12.1. The molecule has 3 aliphatic carbocycles. The Bertz CT molecular complexity index is 408. The van der Waals surface area contributed by atoms with Crippen molar-refractivity contribution in [2.45, 2.75) is 65.7 Å². The van der Waals surface area contributed by atoms with Crippen molar-refractivity contribution in [3.05, 3.63) is 11.6 Å². The summed E-state index contributed by atoms with van der Waals surface area (Å²) >= 11 is 0. The van der Waals surface area contributed by atoms with Crippen molar-refractivity contribution in [2.75, 3.05) is 0 Å². The van der Waals surface area contributed by atoms with Gasteiger partial charge in [0.1, 0.15) is 5.78 Å². The van der Waals surface area contributed by atoms with Gasteiger partial charge >= 0.3 is 0 Å². The lowest BCUT2D eigenvalue weighted by Crippen LogP contribution is -2.46. The Morgan fingerprint density at radius 1 is 1.17 bits per heavy atom. The number of Topliss-reactive ketones (excluding diaryl/α,β-unsaturated/α-hetero) is 1. The van der Waals surface area contributed by atoms with Crippen LogP contribution in [0.2, 0.25) is 0 Å². The lowest BCUT2D eigenvalue weighted by molar-refractivity contribution is -0.123. The van der Waals surface area contributed by atoms with Gasteiger partial charge in [0.15, 0.2) is 0 Å². The van der Waals surface area contributed by atoms with E-state index in [2.05, 4.69) is 26.8 Å². The number of ketones is 1. The Morgan fingerprint density at radius 3 is 2.72 bits per heavy atom. The minimum absolute atomic E-state index is 0.305. The highest BCUT2D eigenvalue weighted by molar-refractivity contribution is 5.79. The monoisotopic (exact) mass is 246 g/mol. The predicted molar refractivity (Wildman–Crippen MR) is 74.3 cm³/mol. The summed E-state index contributed by atoms with van der Waals surface area (Å²) in [7, 11) is 0. The quantitative estimate of drug-likeness (QED) is 0.574. The summed E-state index contributed by atoms with van der Waals surface area (Å²) in [5.74, 6) is 1.81. The van der Waals surface area contributed by atoms with Gasteiger partial charge in [0.25, 0.3) is 0 Å². The zero-order valence-corrected chi connectivity index (χ0v) is 12.1. The molecular weight excluding hydrogens is 220 g/mol. The lowest BCUT2D eigenvalue weighted by Gasteiger charge is -2.54. The maximum atomic E-state index is 12.1. The molecule has 1 heteroatoms. The van der Waals surface area contributed by atoms with Crippen molar-refractivity contribution in [1.29, 1.82) is 0 Å². The number of allylic oxidation sites excluding steroid dienone is 2. The van der Waals surface area contributed by atoms with Crippen LogP contribution in [0.25, 0.3) is 0 Å². The van der Waals surface area contributed by atoms with E-state index < -0.39 is 0 Å². The van der Waals surface area contributed by atoms with Crippen LogP contribution in [0.15, 0.2) is 11.6 Å². The first kappa shape index (κ1) is 12.4. The van der Waals surface area contributed by atoms with Crippen LogP contribution in [0, 0.1) is 22.7 Å². The molecule has 3 rings (SSSR count). The van der Waals surface area contributed by atoms with Gasteiger partial charge in [0, 0.05) is 12.8 Å². The van der Waals surface area contributed by atoms with Crippen LogP contribution < -0.4 is 0 Å². The molecule has 0 amide bonds. The van der Waals surface area contributed by atoms with Gasteiger partial charge in [-0.1, -0.05) is 32.4 Å². The van der Waals surface area contributed by atoms with E-state index in [1.807, 2.05) is 0 Å². The van der Waals surface area contributed by atoms with E-state index in [9.17, 15) is 4.79 Å². The molecular formula is C17H26O. The van der Waals surface area contributed by atoms with Crippen molar-refractivity contribution in [1.82, 2.24) is 0 Å². The molecule has 0 spiro atoms. The van der Waals surface area contributed by atoms with Gasteiger partial charge in [-0.25, -0.2) is 0 Å². The number of hydrogen-bond acceptors (Lipinski definition) is 1. The fraction of sp³-hybridized carbons (Fsp3) is 0.824. The maximum Gasteiger partial charge on any atom is 0.133 e. The average Bonchev–Trinajstić information content (AvgIpc) is 2.77. The van der Waals surface area contributed by atoms with Crippen LogP contribution in [-0.4, -0.2) is 5.78 Å². The van der Waals surface area contributed by atoms with Crippen molar-refractivity contribution in [3.63, 3.8) is 0 Å². The molecule has 2 saturated carbocycles. The number of hydrogen-bond donors (Lipinski definition) is 0. The van der Waals surface area contributed by atoms with Crippen LogP contribution in [0.5, 0.6) is 0 Å². The third kappa shape index (κ3) is 1.49. The zero-order valence-electron chi connectivity index (χ0n) is 12.1. The van der Waals surface area contributed by atoms with Gasteiger partial charge < -0.3 is 0 Å². The van der Waals surface area contributed by atoms with E-state index in [-0.39, 0.29) is 0 Å². The average molecular weight is 246 g/mol. The third-order valence-corrected chi connectivity index (χ3v) is 6.60. The summed E-state index contributed by atoms with van der Waals surface area (Å²) in [6.45, 7) is 7.17. The van der Waals surface area contributed by atoms with Gasteiger partial charge in [-0.2, -0.15) is 0 Å². The summed E-state index contributed by atoms with van der Waals surface area (Å²) in [6, 6.07) is 0. The molecule has 0 aliphatic heterocycles. The Labute approximate surface area is 111 Å². The number of rotatable bonds is 0. The molecule has 0 heterocycles. The fourth-order valence-corrected chi connectivity index (χ4v) is 5.11. The largest absolute Gasteiger partial charge is 0.300 e. The van der Waals surface area contributed by atoms with Crippen LogP contribution in [0.4, 0.5) is 0 Å². The molecule has 0 aromatic heterocycles. The lowest BCUT2D eigenvalue weighted by atomic mass is 9.50. The molecule has 18 heavy (non-hydrogen) atoms. The van der Waals surface area contributed by atoms with Gasteiger partial charge in [-0.15, -0.1) is 0 Å². The van der Waals surface area contributed by atoms with Crippen LogP contribution >= 0.6 is 0 Å². The van der Waals surface area contributed by atoms with Gasteiger partial charge in [-0.3, -0.25) is 4.79 Å². The Kier molecular flexibility index (Phi) is 2.73. The summed E-state index contributed by atoms with van der Waals surface area (Å²) in [5, 5.41) is 0. The first-order chi connectivity index (χ1) is 8.49. The predicted octanol–water partition coefficient (Wildman–Crippen LogP) is 4.52. The van der Waals surface area contributed by atoms with Gasteiger partial charge in [0.2, 0.25) is 0 Å². The zero-order chi connectivity index (χ0) is 13.0. The van der Waals surface area contributed by atoms with E-state index in [0.717, 1.165) is 25.2 Å². The van der Waals surface area contributed by atoms with E-state index in [1.165, 1.54) is 25.7 Å². The van der Waals surface area contributed by atoms with E-state index in [4.69, 9.17) is 0 Å². The molecule has 2 bridgehead atoms. The normalized spacial score (nSPS) is 48.2. The van der Waals surface area contributed by atoms with E-state index in [0.29, 0.717) is 22.5 Å². The molecule has 1 nitrogen and oxygen atoms in total. The molecule has 0 radical (unpaired) electrons. The topological polar surface area (TPSA) is 17.1 Å². The molecule has 100 valence electrons. The minimum Gasteiger partial charge on any atom is -0.300 e. The highest BCUT2D eigenvalue weighted by atomic mass is 16.1. The molecule has 0 aromatic rings. The second-order valence-electron chi connectivity index (χ2n) is 7.31. The molecule has 0 N–H and O–H groups in total. The first-order valence-corrected chi connectivity index (χ1v) is 7.72. The SMILES string of the molecule is CC1CC[C@@]23CCC=C2[C@]1(C)CCC(=O)C[C@@H]3C. The van der Waals surface area contributed by atoms with Gasteiger partial charge in [-0.05, 0) is 54.8 Å². The van der Waals surface area contributed by atoms with E-state index in [1.54, 1.807) is 5.57 Å². The molecule has 2 fully saturated rings. The Hall–Kier alpha value is -0.590. The highest BCUT2D eigenvalue weighted by Gasteiger charge is 2.54. The fourth-order valence-electron chi connectivity index (χ4n) is 5.11. The molecule has 1 unspecified atom stereocenters. The summed E-state index contributed by atoms with van der Waals surface area (Å²) < 4.78 is 0. The smallest absolute Gasteiger partial charge is 0.133 e. The number of carbonyl (C=O) groups is 1. The number of carbonyl (C=O) groups excluding carboxylic acids is 1. The van der Waals surface area contributed by atoms with Crippen molar-refractivity contribution < 1.29 is 4.79 Å². The second kappa shape index (κ2) is 3.95. The van der Waals surface area contributed by atoms with E-state index >= 15 is 0 Å².